The Hall–Kier alpha value is -1.55. The van der Waals surface area contributed by atoms with E-state index in [2.05, 4.69) is 49.9 Å². The topological polar surface area (TPSA) is 56.4 Å². The minimum absolute atomic E-state index is 0.141. The molecule has 0 heterocycles. The zero-order valence-corrected chi connectivity index (χ0v) is 13.4. The molecule has 0 unspecified atom stereocenters. The predicted octanol–water partition coefficient (Wildman–Crippen LogP) is 2.30. The molecule has 1 aromatic carbocycles. The molecule has 0 aliphatic carbocycles. The molecule has 0 fully saturated rings. The second kappa shape index (κ2) is 7.29. The molecular weight excluding hydrogens is 248 g/mol. The van der Waals surface area contributed by atoms with Crippen LogP contribution in [0.1, 0.15) is 25.0 Å². The van der Waals surface area contributed by atoms with E-state index in [1.165, 1.54) is 0 Å². The van der Waals surface area contributed by atoms with Gasteiger partial charge in [0, 0.05) is 30.9 Å². The Morgan fingerprint density at radius 1 is 1.25 bits per heavy atom. The fourth-order valence-corrected chi connectivity index (χ4v) is 2.21. The third kappa shape index (κ3) is 4.85. The number of amidine groups is 1. The van der Waals surface area contributed by atoms with Gasteiger partial charge in [0.25, 0.3) is 0 Å². The number of rotatable bonds is 7. The summed E-state index contributed by atoms with van der Waals surface area (Å²) in [4.78, 5) is 4.51. The number of nitrogens with two attached hydrogens (primary N) is 1. The lowest BCUT2D eigenvalue weighted by atomic mass is 10.1. The van der Waals surface area contributed by atoms with Gasteiger partial charge in [0.15, 0.2) is 0 Å². The van der Waals surface area contributed by atoms with E-state index in [1.807, 2.05) is 13.0 Å². The maximum Gasteiger partial charge on any atom is 0.124 e. The highest BCUT2D eigenvalue weighted by Crippen LogP contribution is 2.22. The van der Waals surface area contributed by atoms with Gasteiger partial charge in [-0.15, -0.1) is 0 Å². The summed E-state index contributed by atoms with van der Waals surface area (Å²) in [5, 5.41) is 7.81. The largest absolute Gasteiger partial charge is 0.384 e. The lowest BCUT2D eigenvalue weighted by Gasteiger charge is -2.30. The number of aryl methyl sites for hydroxylation is 1. The zero-order valence-electron chi connectivity index (χ0n) is 13.4. The molecule has 3 N–H and O–H groups in total. The van der Waals surface area contributed by atoms with Crippen LogP contribution in [0.2, 0.25) is 0 Å². The van der Waals surface area contributed by atoms with E-state index in [4.69, 9.17) is 11.1 Å². The Morgan fingerprint density at radius 3 is 2.40 bits per heavy atom. The van der Waals surface area contributed by atoms with Crippen molar-refractivity contribution in [1.29, 1.82) is 5.41 Å². The molecule has 0 bridgehead atoms. The maximum absolute atomic E-state index is 7.81. The van der Waals surface area contributed by atoms with Crippen molar-refractivity contribution in [1.82, 2.24) is 4.90 Å². The van der Waals surface area contributed by atoms with Crippen molar-refractivity contribution in [3.8, 4) is 0 Å². The predicted molar refractivity (Wildman–Crippen MR) is 87.8 cm³/mol. The maximum atomic E-state index is 7.81. The Labute approximate surface area is 123 Å². The minimum Gasteiger partial charge on any atom is -0.384 e. The Morgan fingerprint density at radius 2 is 1.90 bits per heavy atom. The molecule has 0 aromatic heterocycles. The van der Waals surface area contributed by atoms with Crippen LogP contribution in [0.4, 0.5) is 5.69 Å². The quantitative estimate of drug-likeness (QED) is 0.593. The van der Waals surface area contributed by atoms with Crippen LogP contribution in [-0.4, -0.2) is 44.5 Å². The minimum atomic E-state index is 0.141. The van der Waals surface area contributed by atoms with Crippen molar-refractivity contribution in [3.05, 3.63) is 29.3 Å². The van der Waals surface area contributed by atoms with Crippen molar-refractivity contribution in [2.24, 2.45) is 11.7 Å². The van der Waals surface area contributed by atoms with Gasteiger partial charge in [-0.3, -0.25) is 5.41 Å². The van der Waals surface area contributed by atoms with Crippen LogP contribution in [0.3, 0.4) is 0 Å². The van der Waals surface area contributed by atoms with Crippen LogP contribution in [0, 0.1) is 18.3 Å². The van der Waals surface area contributed by atoms with E-state index in [1.54, 1.807) is 0 Å². The summed E-state index contributed by atoms with van der Waals surface area (Å²) in [5.41, 5.74) is 8.80. The van der Waals surface area contributed by atoms with E-state index in [9.17, 15) is 0 Å². The van der Waals surface area contributed by atoms with Gasteiger partial charge in [-0.05, 0) is 39.1 Å². The van der Waals surface area contributed by atoms with Crippen LogP contribution < -0.4 is 10.6 Å². The van der Waals surface area contributed by atoms with Gasteiger partial charge >= 0.3 is 0 Å². The molecule has 0 aliphatic heterocycles. The summed E-state index contributed by atoms with van der Waals surface area (Å²) >= 11 is 0. The summed E-state index contributed by atoms with van der Waals surface area (Å²) in [6, 6.07) is 6.18. The molecule has 0 spiro atoms. The molecule has 0 saturated heterocycles. The number of nitrogens with zero attached hydrogens (tertiary/aromatic N) is 2. The number of nitrogen functional groups attached to an aromatic ring is 1. The summed E-state index contributed by atoms with van der Waals surface area (Å²) in [6.45, 7) is 9.35. The van der Waals surface area contributed by atoms with Crippen molar-refractivity contribution in [2.45, 2.75) is 20.8 Å². The van der Waals surface area contributed by atoms with Gasteiger partial charge in [-0.1, -0.05) is 25.5 Å². The first-order valence-corrected chi connectivity index (χ1v) is 7.16. The van der Waals surface area contributed by atoms with Crippen LogP contribution in [0.25, 0.3) is 0 Å². The summed E-state index contributed by atoms with van der Waals surface area (Å²) in [6.07, 6.45) is 0. The molecule has 4 nitrogen and oxygen atoms in total. The first-order valence-electron chi connectivity index (χ1n) is 7.16. The third-order valence-corrected chi connectivity index (χ3v) is 3.19. The molecule has 0 amide bonds. The molecule has 0 atom stereocenters. The summed E-state index contributed by atoms with van der Waals surface area (Å²) in [5.74, 6) is 0.709. The highest BCUT2D eigenvalue weighted by atomic mass is 15.2. The molecule has 4 heteroatoms. The average molecular weight is 276 g/mol. The molecule has 0 saturated carbocycles. The van der Waals surface area contributed by atoms with Crippen LogP contribution >= 0.6 is 0 Å². The number of likely N-dealkylation sites (N-methyl/N-ethyl adjacent to an activating group) is 1. The van der Waals surface area contributed by atoms with E-state index < -0.39 is 0 Å². The molecule has 0 aliphatic rings. The molecule has 20 heavy (non-hydrogen) atoms. The summed E-state index contributed by atoms with van der Waals surface area (Å²) in [7, 11) is 4.16. The van der Waals surface area contributed by atoms with Crippen molar-refractivity contribution < 1.29 is 0 Å². The lowest BCUT2D eigenvalue weighted by Crippen LogP contribution is -2.35. The van der Waals surface area contributed by atoms with Gasteiger partial charge in [0.1, 0.15) is 5.84 Å². The Kier molecular flexibility index (Phi) is 6.02. The second-order valence-electron chi connectivity index (χ2n) is 6.08. The Balaban J connectivity index is 3.08. The van der Waals surface area contributed by atoms with Crippen molar-refractivity contribution >= 4 is 11.5 Å². The molecular formula is C16H28N4. The Bertz CT molecular complexity index is 452. The SMILES string of the molecule is Cc1ccc(N(CCN(C)C)CC(C)C)c(C(=N)N)c1. The van der Waals surface area contributed by atoms with Gasteiger partial charge in [-0.25, -0.2) is 0 Å². The van der Waals surface area contributed by atoms with Crippen LogP contribution in [0.15, 0.2) is 18.2 Å². The summed E-state index contributed by atoms with van der Waals surface area (Å²) < 4.78 is 0. The van der Waals surface area contributed by atoms with E-state index >= 15 is 0 Å². The highest BCUT2D eigenvalue weighted by molar-refractivity contribution is 6.00. The first-order chi connectivity index (χ1) is 9.31. The monoisotopic (exact) mass is 276 g/mol. The number of hydrogen-bond donors (Lipinski definition) is 2. The number of benzene rings is 1. The second-order valence-corrected chi connectivity index (χ2v) is 6.08. The lowest BCUT2D eigenvalue weighted by molar-refractivity contribution is 0.409. The number of nitrogens with one attached hydrogen (secondary N) is 1. The smallest absolute Gasteiger partial charge is 0.124 e. The fraction of sp³-hybridized carbons (Fsp3) is 0.562. The fourth-order valence-electron chi connectivity index (χ4n) is 2.21. The number of hydrogen-bond acceptors (Lipinski definition) is 3. The van der Waals surface area contributed by atoms with Gasteiger partial charge in [0.05, 0.1) is 0 Å². The molecule has 1 aromatic rings. The third-order valence-electron chi connectivity index (χ3n) is 3.19. The van der Waals surface area contributed by atoms with Gasteiger partial charge < -0.3 is 15.5 Å². The normalized spacial score (nSPS) is 11.2. The first kappa shape index (κ1) is 16.5. The molecule has 1 rings (SSSR count). The zero-order chi connectivity index (χ0) is 15.3. The van der Waals surface area contributed by atoms with E-state index in [0.717, 1.165) is 36.4 Å². The van der Waals surface area contributed by atoms with E-state index in [-0.39, 0.29) is 5.84 Å². The van der Waals surface area contributed by atoms with Crippen molar-refractivity contribution in [3.63, 3.8) is 0 Å². The highest BCUT2D eigenvalue weighted by Gasteiger charge is 2.14. The van der Waals surface area contributed by atoms with Gasteiger partial charge in [-0.2, -0.15) is 0 Å². The van der Waals surface area contributed by atoms with Gasteiger partial charge in [0.2, 0.25) is 0 Å². The van der Waals surface area contributed by atoms with Crippen molar-refractivity contribution in [2.75, 3.05) is 38.6 Å². The van der Waals surface area contributed by atoms with Crippen LogP contribution in [0.5, 0.6) is 0 Å². The standard InChI is InChI=1S/C16H28N4/c1-12(2)11-20(9-8-19(4)5)15-7-6-13(3)10-14(15)16(17)18/h6-7,10,12H,8-9,11H2,1-5H3,(H3,17,18). The molecule has 112 valence electrons. The molecule has 0 radical (unpaired) electrons. The number of anilines is 1. The van der Waals surface area contributed by atoms with E-state index in [0.29, 0.717) is 5.92 Å². The van der Waals surface area contributed by atoms with Crippen LogP contribution in [-0.2, 0) is 0 Å². The average Bonchev–Trinajstić information content (AvgIpc) is 2.33.